The third kappa shape index (κ3) is 2.46. The fraction of sp³-hybridized carbons (Fsp3) is 0. The second kappa shape index (κ2) is 4.72. The highest BCUT2D eigenvalue weighted by atomic mass is 35.5. The molecule has 0 atom stereocenters. The van der Waals surface area contributed by atoms with Gasteiger partial charge in [0.15, 0.2) is 10.7 Å². The molecule has 1 heterocycles. The SMILES string of the molecule is N#[N+]c1cc(Oc2ncccn2)c(Cl)cc1F. The highest BCUT2D eigenvalue weighted by Crippen LogP contribution is 2.33. The fourth-order valence-corrected chi connectivity index (χ4v) is 1.30. The van der Waals surface area contributed by atoms with Crippen molar-refractivity contribution in [3.63, 3.8) is 0 Å². The van der Waals surface area contributed by atoms with Gasteiger partial charge in [-0.3, -0.25) is 0 Å². The lowest BCUT2D eigenvalue weighted by Crippen LogP contribution is -1.91. The van der Waals surface area contributed by atoms with Gasteiger partial charge in [0.2, 0.25) is 11.2 Å². The van der Waals surface area contributed by atoms with Crippen LogP contribution < -0.4 is 4.74 Å². The Hall–Kier alpha value is -2.26. The zero-order valence-electron chi connectivity index (χ0n) is 8.34. The first-order valence-corrected chi connectivity index (χ1v) is 4.87. The van der Waals surface area contributed by atoms with E-state index in [9.17, 15) is 4.39 Å². The Balaban J connectivity index is 2.37. The number of benzene rings is 1. The Labute approximate surface area is 100 Å². The van der Waals surface area contributed by atoms with Crippen molar-refractivity contribution in [1.29, 1.82) is 5.39 Å². The van der Waals surface area contributed by atoms with E-state index in [-0.39, 0.29) is 22.5 Å². The number of hydrogen-bond donors (Lipinski definition) is 0. The second-order valence-electron chi connectivity index (χ2n) is 2.97. The lowest BCUT2D eigenvalue weighted by atomic mass is 10.3. The minimum absolute atomic E-state index is 0.0300. The Morgan fingerprint density at radius 2 is 2.00 bits per heavy atom. The lowest BCUT2D eigenvalue weighted by Gasteiger charge is -2.03. The summed E-state index contributed by atoms with van der Waals surface area (Å²) in [7, 11) is 0. The summed E-state index contributed by atoms with van der Waals surface area (Å²) in [6.45, 7) is 0. The van der Waals surface area contributed by atoms with Crippen molar-refractivity contribution in [1.82, 2.24) is 9.97 Å². The first kappa shape index (κ1) is 11.2. The van der Waals surface area contributed by atoms with Crippen LogP contribution in [0.3, 0.4) is 0 Å². The molecule has 2 aromatic rings. The van der Waals surface area contributed by atoms with Crippen LogP contribution in [0.15, 0.2) is 30.6 Å². The van der Waals surface area contributed by atoms with Crippen LogP contribution in [0.2, 0.25) is 5.02 Å². The lowest BCUT2D eigenvalue weighted by molar-refractivity contribution is 0.441. The molecular formula is C10H5ClFN4O+. The standard InChI is InChI=1S/C10H5ClFN4O/c11-6-4-7(12)8(16-13)5-9(6)17-10-14-2-1-3-15-10/h1-5H/q+1. The second-order valence-corrected chi connectivity index (χ2v) is 3.37. The molecule has 1 aromatic carbocycles. The van der Waals surface area contributed by atoms with E-state index >= 15 is 0 Å². The molecule has 0 aliphatic rings. The predicted molar refractivity (Wildman–Crippen MR) is 58.3 cm³/mol. The van der Waals surface area contributed by atoms with Crippen LogP contribution in [-0.2, 0) is 0 Å². The number of hydrogen-bond acceptors (Lipinski definition) is 4. The van der Waals surface area contributed by atoms with Crippen LogP contribution in [0.1, 0.15) is 0 Å². The van der Waals surface area contributed by atoms with Gasteiger partial charge in [-0.15, -0.1) is 0 Å². The van der Waals surface area contributed by atoms with Crippen molar-refractivity contribution in [2.24, 2.45) is 0 Å². The Morgan fingerprint density at radius 3 is 2.65 bits per heavy atom. The first-order valence-electron chi connectivity index (χ1n) is 4.49. The van der Waals surface area contributed by atoms with E-state index in [0.29, 0.717) is 0 Å². The molecule has 0 amide bonds. The van der Waals surface area contributed by atoms with Crippen molar-refractivity contribution in [2.75, 3.05) is 0 Å². The normalized spacial score (nSPS) is 9.71. The summed E-state index contributed by atoms with van der Waals surface area (Å²) in [5.41, 5.74) is -0.277. The summed E-state index contributed by atoms with van der Waals surface area (Å²) in [4.78, 5) is 10.4. The fourth-order valence-electron chi connectivity index (χ4n) is 1.11. The maximum atomic E-state index is 13.1. The molecule has 0 saturated carbocycles. The third-order valence-electron chi connectivity index (χ3n) is 1.85. The molecule has 0 unspecified atom stereocenters. The highest BCUT2D eigenvalue weighted by molar-refractivity contribution is 6.32. The number of rotatable bonds is 2. The van der Waals surface area contributed by atoms with Crippen molar-refractivity contribution < 1.29 is 9.13 Å². The van der Waals surface area contributed by atoms with Gasteiger partial charge < -0.3 is 4.74 Å². The van der Waals surface area contributed by atoms with Crippen LogP contribution in [0.4, 0.5) is 10.1 Å². The van der Waals surface area contributed by atoms with Gasteiger partial charge in [-0.2, -0.15) is 4.39 Å². The van der Waals surface area contributed by atoms with Gasteiger partial charge in [-0.05, 0) is 6.07 Å². The molecule has 0 aliphatic heterocycles. The van der Waals surface area contributed by atoms with Crippen molar-refractivity contribution in [3.05, 3.63) is 46.4 Å². The average Bonchev–Trinajstić information content (AvgIpc) is 2.34. The molecule has 0 N–H and O–H groups in total. The number of aromatic nitrogens is 2. The molecule has 0 bridgehead atoms. The minimum atomic E-state index is -0.751. The van der Waals surface area contributed by atoms with E-state index < -0.39 is 5.82 Å². The maximum Gasteiger partial charge on any atom is 0.424 e. The average molecular weight is 252 g/mol. The highest BCUT2D eigenvalue weighted by Gasteiger charge is 2.19. The van der Waals surface area contributed by atoms with E-state index in [4.69, 9.17) is 21.7 Å². The molecule has 17 heavy (non-hydrogen) atoms. The minimum Gasteiger partial charge on any atom is -0.422 e. The molecule has 0 aliphatic carbocycles. The largest absolute Gasteiger partial charge is 0.424 e. The molecule has 0 spiro atoms. The summed E-state index contributed by atoms with van der Waals surface area (Å²) in [6, 6.07) is 3.81. The zero-order chi connectivity index (χ0) is 12.3. The number of ether oxygens (including phenoxy) is 1. The zero-order valence-corrected chi connectivity index (χ0v) is 9.10. The van der Waals surface area contributed by atoms with Gasteiger partial charge in [0.25, 0.3) is 0 Å². The van der Waals surface area contributed by atoms with E-state index in [0.717, 1.165) is 12.1 Å². The van der Waals surface area contributed by atoms with Crippen molar-refractivity contribution in [2.45, 2.75) is 0 Å². The van der Waals surface area contributed by atoms with Gasteiger partial charge in [-0.25, -0.2) is 9.97 Å². The monoisotopic (exact) mass is 251 g/mol. The van der Waals surface area contributed by atoms with E-state index in [2.05, 4.69) is 14.9 Å². The van der Waals surface area contributed by atoms with Crippen LogP contribution in [0.5, 0.6) is 11.8 Å². The number of nitrogens with zero attached hydrogens (tertiary/aromatic N) is 4. The quantitative estimate of drug-likeness (QED) is 0.766. The van der Waals surface area contributed by atoms with Crippen LogP contribution in [0, 0.1) is 11.2 Å². The molecule has 5 nitrogen and oxygen atoms in total. The summed E-state index contributed by atoms with van der Waals surface area (Å²) in [5, 5.41) is 8.58. The van der Waals surface area contributed by atoms with Gasteiger partial charge in [0, 0.05) is 18.5 Å². The molecule has 0 saturated heterocycles. The van der Waals surface area contributed by atoms with Gasteiger partial charge in [0.05, 0.1) is 11.1 Å². The summed E-state index contributed by atoms with van der Waals surface area (Å²) >= 11 is 5.76. The molecule has 0 fully saturated rings. The van der Waals surface area contributed by atoms with E-state index in [1.807, 2.05) is 0 Å². The number of halogens is 2. The Morgan fingerprint density at radius 1 is 1.29 bits per heavy atom. The molecule has 7 heteroatoms. The summed E-state index contributed by atoms with van der Waals surface area (Å²) in [6.07, 6.45) is 2.97. The summed E-state index contributed by atoms with van der Waals surface area (Å²) in [5.74, 6) is -0.647. The van der Waals surface area contributed by atoms with E-state index in [1.165, 1.54) is 12.4 Å². The van der Waals surface area contributed by atoms with Crippen molar-refractivity contribution in [3.8, 4) is 11.8 Å². The van der Waals surface area contributed by atoms with Gasteiger partial charge in [-0.1, -0.05) is 11.6 Å². The van der Waals surface area contributed by atoms with Crippen LogP contribution in [-0.4, -0.2) is 9.97 Å². The Kier molecular flexibility index (Phi) is 3.12. The molecule has 84 valence electrons. The maximum absolute atomic E-state index is 13.1. The third-order valence-corrected chi connectivity index (χ3v) is 2.15. The molecular weight excluding hydrogens is 247 g/mol. The molecule has 2 rings (SSSR count). The Bertz CT molecular complexity index is 585. The van der Waals surface area contributed by atoms with Crippen LogP contribution in [0.25, 0.3) is 4.98 Å². The van der Waals surface area contributed by atoms with Gasteiger partial charge >= 0.3 is 11.7 Å². The molecule has 1 aromatic heterocycles. The molecule has 0 radical (unpaired) electrons. The predicted octanol–water partition coefficient (Wildman–Crippen LogP) is 3.55. The van der Waals surface area contributed by atoms with Crippen LogP contribution >= 0.6 is 11.6 Å². The number of diazo groups is 1. The first-order chi connectivity index (χ1) is 8.20. The smallest absolute Gasteiger partial charge is 0.422 e. The van der Waals surface area contributed by atoms with E-state index in [1.54, 1.807) is 6.07 Å². The summed E-state index contributed by atoms with van der Waals surface area (Å²) < 4.78 is 18.4. The topological polar surface area (TPSA) is 63.2 Å². The van der Waals surface area contributed by atoms with Crippen molar-refractivity contribution >= 4 is 17.3 Å². The van der Waals surface area contributed by atoms with Gasteiger partial charge in [0.1, 0.15) is 0 Å².